The number of rotatable bonds is 8. The van der Waals surface area contributed by atoms with Crippen molar-refractivity contribution in [2.24, 2.45) is 0 Å². The van der Waals surface area contributed by atoms with Crippen LogP contribution in [0.15, 0.2) is 66.9 Å². The van der Waals surface area contributed by atoms with Gasteiger partial charge in [0.1, 0.15) is 5.75 Å². The van der Waals surface area contributed by atoms with Crippen LogP contribution in [0.25, 0.3) is 11.3 Å². The van der Waals surface area contributed by atoms with Crippen molar-refractivity contribution in [1.82, 2.24) is 20.1 Å². The smallest absolute Gasteiger partial charge is 0.490 e. The summed E-state index contributed by atoms with van der Waals surface area (Å²) in [6.45, 7) is 3.66. The second-order valence-corrected chi connectivity index (χ2v) is 9.92. The van der Waals surface area contributed by atoms with Gasteiger partial charge in [0.05, 0.1) is 12.8 Å². The molecule has 41 heavy (non-hydrogen) atoms. The number of nitrogens with one attached hydrogen (secondary N) is 1. The normalized spacial score (nSPS) is 14.2. The Labute approximate surface area is 237 Å². The van der Waals surface area contributed by atoms with Crippen LogP contribution in [-0.2, 0) is 17.9 Å². The number of benzene rings is 2. The number of hydrogen-bond acceptors (Lipinski definition) is 6. The SMILES string of the molecule is COc1cccc(CNC(=O)c2ccnc(-c3cccc(CN(C)C4CCN(C)CC4)c3)c2)c1.O=C(O)C(F)(F)F. The van der Waals surface area contributed by atoms with Crippen LogP contribution in [0, 0.1) is 0 Å². The highest BCUT2D eigenvalue weighted by molar-refractivity contribution is 5.95. The maximum atomic E-state index is 12.8. The van der Waals surface area contributed by atoms with Crippen LogP contribution >= 0.6 is 0 Å². The van der Waals surface area contributed by atoms with Crippen LogP contribution in [0.4, 0.5) is 13.2 Å². The molecule has 0 bridgehead atoms. The minimum atomic E-state index is -5.08. The number of carboxylic acid groups (broad SMARTS) is 1. The van der Waals surface area contributed by atoms with Gasteiger partial charge in [-0.2, -0.15) is 13.2 Å². The Hall–Kier alpha value is -3.96. The molecule has 8 nitrogen and oxygen atoms in total. The summed E-state index contributed by atoms with van der Waals surface area (Å²) in [5, 5.41) is 10.1. The highest BCUT2D eigenvalue weighted by Gasteiger charge is 2.38. The Morgan fingerprint density at radius 1 is 1.07 bits per heavy atom. The Kier molecular flexibility index (Phi) is 11.2. The van der Waals surface area contributed by atoms with E-state index in [0.29, 0.717) is 18.2 Å². The number of pyridine rings is 1. The molecule has 1 saturated heterocycles. The zero-order chi connectivity index (χ0) is 30.0. The molecule has 0 aliphatic carbocycles. The summed E-state index contributed by atoms with van der Waals surface area (Å²) < 4.78 is 37.0. The average Bonchev–Trinajstić information content (AvgIpc) is 2.96. The molecule has 0 spiro atoms. The molecule has 1 aliphatic heterocycles. The molecule has 2 aromatic carbocycles. The summed E-state index contributed by atoms with van der Waals surface area (Å²) in [4.78, 5) is 31.1. The number of ether oxygens (including phenoxy) is 1. The summed E-state index contributed by atoms with van der Waals surface area (Å²) in [5.74, 6) is -2.10. The molecule has 2 N–H and O–H groups in total. The van der Waals surface area contributed by atoms with Crippen molar-refractivity contribution in [3.05, 3.63) is 83.6 Å². The van der Waals surface area contributed by atoms with Gasteiger partial charge >= 0.3 is 12.1 Å². The fourth-order valence-electron chi connectivity index (χ4n) is 4.48. The number of halogens is 3. The van der Waals surface area contributed by atoms with Crippen molar-refractivity contribution >= 4 is 11.9 Å². The Morgan fingerprint density at radius 3 is 2.39 bits per heavy atom. The van der Waals surface area contributed by atoms with Gasteiger partial charge in [-0.1, -0.05) is 30.3 Å². The first-order valence-corrected chi connectivity index (χ1v) is 13.1. The molecule has 0 unspecified atom stereocenters. The van der Waals surface area contributed by atoms with E-state index < -0.39 is 12.1 Å². The second kappa shape index (κ2) is 14.6. The Balaban J connectivity index is 0.000000587. The van der Waals surface area contributed by atoms with E-state index in [1.807, 2.05) is 30.3 Å². The summed E-state index contributed by atoms with van der Waals surface area (Å²) >= 11 is 0. The number of amides is 1. The van der Waals surface area contributed by atoms with Crippen LogP contribution in [0.2, 0.25) is 0 Å². The minimum absolute atomic E-state index is 0.121. The van der Waals surface area contributed by atoms with Crippen molar-refractivity contribution in [1.29, 1.82) is 0 Å². The largest absolute Gasteiger partial charge is 0.497 e. The van der Waals surface area contributed by atoms with Crippen LogP contribution < -0.4 is 10.1 Å². The molecule has 0 radical (unpaired) electrons. The molecule has 4 rings (SSSR count). The van der Waals surface area contributed by atoms with Gasteiger partial charge in [0.2, 0.25) is 0 Å². The first-order valence-electron chi connectivity index (χ1n) is 13.1. The third-order valence-electron chi connectivity index (χ3n) is 6.82. The number of alkyl halides is 3. The molecule has 11 heteroatoms. The molecule has 1 amide bonds. The maximum absolute atomic E-state index is 12.8. The number of carboxylic acids is 1. The average molecular weight is 573 g/mol. The van der Waals surface area contributed by atoms with E-state index >= 15 is 0 Å². The summed E-state index contributed by atoms with van der Waals surface area (Å²) in [6, 6.07) is 20.4. The molecular formula is C30H35F3N4O4. The lowest BCUT2D eigenvalue weighted by Crippen LogP contribution is -2.41. The lowest BCUT2D eigenvalue weighted by molar-refractivity contribution is -0.192. The third kappa shape index (κ3) is 9.87. The van der Waals surface area contributed by atoms with Crippen LogP contribution in [0.3, 0.4) is 0 Å². The summed E-state index contributed by atoms with van der Waals surface area (Å²) in [7, 11) is 6.05. The van der Waals surface area contributed by atoms with Crippen molar-refractivity contribution < 1.29 is 32.6 Å². The molecule has 220 valence electrons. The maximum Gasteiger partial charge on any atom is 0.490 e. The highest BCUT2D eigenvalue weighted by atomic mass is 19.4. The quantitative estimate of drug-likeness (QED) is 0.399. The lowest BCUT2D eigenvalue weighted by atomic mass is 10.0. The number of methoxy groups -OCH3 is 1. The van der Waals surface area contributed by atoms with Gasteiger partial charge in [-0.15, -0.1) is 0 Å². The predicted octanol–water partition coefficient (Wildman–Crippen LogP) is 4.85. The second-order valence-electron chi connectivity index (χ2n) is 9.92. The minimum Gasteiger partial charge on any atom is -0.497 e. The number of carbonyl (C=O) groups is 2. The van der Waals surface area contributed by atoms with E-state index in [-0.39, 0.29) is 5.91 Å². The van der Waals surface area contributed by atoms with Crippen molar-refractivity contribution in [2.45, 2.75) is 38.1 Å². The molecule has 1 aliphatic rings. The molecular weight excluding hydrogens is 537 g/mol. The van der Waals surface area contributed by atoms with E-state index in [1.54, 1.807) is 19.4 Å². The first kappa shape index (κ1) is 31.6. The topological polar surface area (TPSA) is 95.0 Å². The van der Waals surface area contributed by atoms with Gasteiger partial charge < -0.3 is 20.1 Å². The van der Waals surface area contributed by atoms with Gasteiger partial charge in [-0.25, -0.2) is 4.79 Å². The number of piperidine rings is 1. The van der Waals surface area contributed by atoms with Crippen LogP contribution in [0.5, 0.6) is 5.75 Å². The Morgan fingerprint density at radius 2 is 1.73 bits per heavy atom. The molecule has 0 atom stereocenters. The number of hydrogen-bond donors (Lipinski definition) is 2. The van der Waals surface area contributed by atoms with Crippen LogP contribution in [-0.4, -0.2) is 78.3 Å². The van der Waals surface area contributed by atoms with E-state index in [1.165, 1.54) is 18.4 Å². The molecule has 2 heterocycles. The first-order chi connectivity index (χ1) is 19.5. The van der Waals surface area contributed by atoms with Gasteiger partial charge in [0, 0.05) is 36.5 Å². The number of aliphatic carboxylic acids is 1. The number of nitrogens with zero attached hydrogens (tertiary/aromatic N) is 3. The molecule has 0 saturated carbocycles. The Bertz CT molecular complexity index is 1310. The standard InChI is InChI=1S/C28H34N4O2.C2HF3O2/c1-31-14-11-25(12-15-31)32(2)20-22-7-4-8-23(16-22)27-18-24(10-13-29-27)28(33)30-19-21-6-5-9-26(17-21)34-3;3-2(4,5)1(6)7/h4-10,13,16-18,25H,11-12,14-15,19-20H2,1-3H3,(H,30,33);(H,6,7). The highest BCUT2D eigenvalue weighted by Crippen LogP contribution is 2.22. The van der Waals surface area contributed by atoms with E-state index in [2.05, 4.69) is 58.5 Å². The van der Waals surface area contributed by atoms with E-state index in [9.17, 15) is 18.0 Å². The van der Waals surface area contributed by atoms with Gasteiger partial charge in [0.25, 0.3) is 5.91 Å². The van der Waals surface area contributed by atoms with E-state index in [0.717, 1.165) is 42.2 Å². The van der Waals surface area contributed by atoms with Crippen molar-refractivity contribution in [2.75, 3.05) is 34.3 Å². The monoisotopic (exact) mass is 572 g/mol. The van der Waals surface area contributed by atoms with Crippen molar-refractivity contribution in [3.63, 3.8) is 0 Å². The van der Waals surface area contributed by atoms with Gasteiger partial charge in [0.15, 0.2) is 0 Å². The molecule has 1 aromatic heterocycles. The van der Waals surface area contributed by atoms with Crippen LogP contribution in [0.1, 0.15) is 34.3 Å². The summed E-state index contributed by atoms with van der Waals surface area (Å²) in [6.07, 6.45) is -0.963. The molecule has 1 fully saturated rings. The zero-order valence-corrected chi connectivity index (χ0v) is 23.3. The molecule has 3 aromatic rings. The van der Waals surface area contributed by atoms with Gasteiger partial charge in [-0.3, -0.25) is 14.7 Å². The van der Waals surface area contributed by atoms with Gasteiger partial charge in [-0.05, 0) is 81.5 Å². The third-order valence-corrected chi connectivity index (χ3v) is 6.82. The lowest BCUT2D eigenvalue weighted by Gasteiger charge is -2.35. The fourth-order valence-corrected chi connectivity index (χ4v) is 4.48. The number of aromatic nitrogens is 1. The fraction of sp³-hybridized carbons (Fsp3) is 0.367. The zero-order valence-electron chi connectivity index (χ0n) is 23.3. The van der Waals surface area contributed by atoms with Crippen molar-refractivity contribution in [3.8, 4) is 17.0 Å². The number of carbonyl (C=O) groups excluding carboxylic acids is 1. The van der Waals surface area contributed by atoms with E-state index in [4.69, 9.17) is 14.6 Å². The number of likely N-dealkylation sites (tertiary alicyclic amines) is 1. The predicted molar refractivity (Wildman–Crippen MR) is 150 cm³/mol. The summed E-state index contributed by atoms with van der Waals surface area (Å²) in [5.41, 5.74) is 4.67.